The summed E-state index contributed by atoms with van der Waals surface area (Å²) in [5, 5.41) is 7.78. The van der Waals surface area contributed by atoms with E-state index in [-0.39, 0.29) is 37.0 Å². The Kier molecular flexibility index (Phi) is 9.50. The summed E-state index contributed by atoms with van der Waals surface area (Å²) in [5.74, 6) is -1.65. The molecular formula is C31H32Cl2N4O4S. The van der Waals surface area contributed by atoms with Gasteiger partial charge in [-0.15, -0.1) is 11.3 Å². The molecule has 2 aliphatic rings. The molecule has 2 N–H and O–H groups in total. The molecular weight excluding hydrogens is 595 g/mol. The molecule has 11 heteroatoms. The van der Waals surface area contributed by atoms with Gasteiger partial charge in [0.1, 0.15) is 9.88 Å². The molecule has 0 radical (unpaired) electrons. The highest BCUT2D eigenvalue weighted by Gasteiger charge is 2.49. The molecule has 8 nitrogen and oxygen atoms in total. The van der Waals surface area contributed by atoms with Crippen molar-refractivity contribution in [2.45, 2.75) is 63.2 Å². The van der Waals surface area contributed by atoms with Crippen LogP contribution in [0.15, 0.2) is 61.4 Å². The normalized spacial score (nSPS) is 21.8. The van der Waals surface area contributed by atoms with E-state index >= 15 is 0 Å². The lowest BCUT2D eigenvalue weighted by atomic mass is 9.76. The molecule has 0 bridgehead atoms. The van der Waals surface area contributed by atoms with Crippen molar-refractivity contribution >= 4 is 52.3 Å². The molecule has 42 heavy (non-hydrogen) atoms. The Bertz CT molecular complexity index is 1500. The number of halogens is 2. The Labute approximate surface area is 259 Å². The van der Waals surface area contributed by atoms with Gasteiger partial charge in [0.2, 0.25) is 5.91 Å². The van der Waals surface area contributed by atoms with Crippen LogP contribution < -0.4 is 10.6 Å². The van der Waals surface area contributed by atoms with Crippen molar-refractivity contribution in [1.29, 1.82) is 0 Å². The van der Waals surface area contributed by atoms with Crippen molar-refractivity contribution < 1.29 is 19.1 Å². The summed E-state index contributed by atoms with van der Waals surface area (Å²) in [7, 11) is 0. The molecule has 0 spiro atoms. The number of nitrogens with zero attached hydrogens (tertiary/aromatic N) is 2. The van der Waals surface area contributed by atoms with E-state index in [1.165, 1.54) is 17.5 Å². The van der Waals surface area contributed by atoms with E-state index in [1.54, 1.807) is 37.4 Å². The topological polar surface area (TPSA) is 101 Å². The summed E-state index contributed by atoms with van der Waals surface area (Å²) in [5.41, 5.74) is 1.76. The average molecular weight is 628 g/mol. The van der Waals surface area contributed by atoms with E-state index in [9.17, 15) is 14.4 Å². The third kappa shape index (κ3) is 6.04. The number of thiazole rings is 1. The number of hydrogen-bond acceptors (Lipinski definition) is 7. The van der Waals surface area contributed by atoms with Crippen LogP contribution in [0.5, 0.6) is 0 Å². The molecule has 1 aliphatic carbocycles. The Hall–Kier alpha value is -3.40. The minimum atomic E-state index is -0.770. The van der Waals surface area contributed by atoms with Gasteiger partial charge in [-0.2, -0.15) is 0 Å². The SMILES string of the molecule is C=CN[C@H]1CCCCC1N1C(=O)c2ccccc2[C@@H](C(=O)NCc2ncc(C(=O)OCC)s2)[C@@H]1c1ccc(Cl)cc1Cl. The summed E-state index contributed by atoms with van der Waals surface area (Å²) in [6.45, 7) is 5.97. The summed E-state index contributed by atoms with van der Waals surface area (Å²) in [4.78, 5) is 47.2. The monoisotopic (exact) mass is 626 g/mol. The van der Waals surface area contributed by atoms with Crippen LogP contribution in [-0.4, -0.2) is 46.4 Å². The van der Waals surface area contributed by atoms with E-state index in [1.807, 2.05) is 23.1 Å². The van der Waals surface area contributed by atoms with Crippen molar-refractivity contribution in [3.63, 3.8) is 0 Å². The molecule has 1 aromatic heterocycles. The van der Waals surface area contributed by atoms with Crippen molar-refractivity contribution in [2.75, 3.05) is 6.61 Å². The van der Waals surface area contributed by atoms with Gasteiger partial charge in [-0.05, 0) is 55.3 Å². The number of fused-ring (bicyclic) bond motifs is 1. The van der Waals surface area contributed by atoms with E-state index in [0.717, 1.165) is 25.7 Å². The molecule has 2 heterocycles. The molecule has 2 aromatic carbocycles. The molecule has 1 unspecified atom stereocenters. The fourth-order valence-electron chi connectivity index (χ4n) is 6.02. The second-order valence-electron chi connectivity index (χ2n) is 10.3. The Morgan fingerprint density at radius 3 is 2.71 bits per heavy atom. The first-order chi connectivity index (χ1) is 20.3. The largest absolute Gasteiger partial charge is 0.462 e. The van der Waals surface area contributed by atoms with Crippen LogP contribution in [0.2, 0.25) is 10.0 Å². The van der Waals surface area contributed by atoms with Crippen LogP contribution in [0.25, 0.3) is 0 Å². The first kappa shape index (κ1) is 30.1. The van der Waals surface area contributed by atoms with Gasteiger partial charge < -0.3 is 20.3 Å². The highest BCUT2D eigenvalue weighted by molar-refractivity contribution is 7.13. The average Bonchev–Trinajstić information content (AvgIpc) is 3.46. The number of rotatable bonds is 9. The molecule has 1 fully saturated rings. The third-order valence-electron chi connectivity index (χ3n) is 7.80. The zero-order valence-corrected chi connectivity index (χ0v) is 25.5. The van der Waals surface area contributed by atoms with E-state index in [0.29, 0.717) is 36.6 Å². The van der Waals surface area contributed by atoms with Gasteiger partial charge in [-0.25, -0.2) is 9.78 Å². The second kappa shape index (κ2) is 13.3. The lowest BCUT2D eigenvalue weighted by Gasteiger charge is -2.49. The number of benzene rings is 2. The van der Waals surface area contributed by atoms with Gasteiger partial charge in [-0.1, -0.05) is 66.9 Å². The number of nitrogens with one attached hydrogen (secondary N) is 2. The number of esters is 1. The van der Waals surface area contributed by atoms with Crippen LogP contribution in [0.1, 0.15) is 80.7 Å². The Morgan fingerprint density at radius 2 is 1.95 bits per heavy atom. The van der Waals surface area contributed by atoms with Crippen molar-refractivity contribution in [3.8, 4) is 0 Å². The molecule has 4 atom stereocenters. The van der Waals surface area contributed by atoms with Crippen LogP contribution in [-0.2, 0) is 16.1 Å². The fraction of sp³-hybridized carbons (Fsp3) is 0.355. The zero-order valence-electron chi connectivity index (χ0n) is 23.1. The number of carbonyl (C=O) groups excluding carboxylic acids is 3. The maximum absolute atomic E-state index is 14.3. The lowest BCUT2D eigenvalue weighted by molar-refractivity contribution is -0.124. The number of carbonyl (C=O) groups is 3. The van der Waals surface area contributed by atoms with Gasteiger partial charge in [0, 0.05) is 21.7 Å². The minimum Gasteiger partial charge on any atom is -0.462 e. The predicted octanol–water partition coefficient (Wildman–Crippen LogP) is 6.27. The van der Waals surface area contributed by atoms with Crippen LogP contribution in [0, 0.1) is 0 Å². The number of aromatic nitrogens is 1. The van der Waals surface area contributed by atoms with Gasteiger partial charge in [0.05, 0.1) is 37.4 Å². The molecule has 220 valence electrons. The molecule has 1 saturated carbocycles. The molecule has 1 aliphatic heterocycles. The van der Waals surface area contributed by atoms with Gasteiger partial charge in [0.25, 0.3) is 5.91 Å². The zero-order chi connectivity index (χ0) is 29.8. The maximum atomic E-state index is 14.3. The molecule has 0 saturated heterocycles. The third-order valence-corrected chi connectivity index (χ3v) is 9.34. The van der Waals surface area contributed by atoms with Crippen molar-refractivity contribution in [1.82, 2.24) is 20.5 Å². The molecule has 5 rings (SSSR count). The predicted molar refractivity (Wildman–Crippen MR) is 164 cm³/mol. The number of amides is 2. The summed E-state index contributed by atoms with van der Waals surface area (Å²) < 4.78 is 5.06. The van der Waals surface area contributed by atoms with Crippen molar-refractivity contribution in [3.05, 3.63) is 98.1 Å². The first-order valence-electron chi connectivity index (χ1n) is 14.0. The van der Waals surface area contributed by atoms with Crippen molar-refractivity contribution in [2.24, 2.45) is 0 Å². The van der Waals surface area contributed by atoms with Gasteiger partial charge >= 0.3 is 5.97 Å². The Morgan fingerprint density at radius 1 is 1.17 bits per heavy atom. The quantitative estimate of drug-likeness (QED) is 0.272. The standard InChI is InChI=1S/C31H32Cl2N4O4S/c1-3-34-23-11-7-8-12-24(23)37-28(21-14-13-18(32)15-22(21)33)27(19-9-5-6-10-20(19)30(37)39)29(38)36-17-26-35-16-25(42-26)31(40)41-4-2/h3,5-6,9-10,13-16,23-24,27-28,34H,1,4,7-8,11-12,17H2,2H3,(H,36,38)/t23-,24?,27+,28-/m0/s1. The maximum Gasteiger partial charge on any atom is 0.349 e. The highest BCUT2D eigenvalue weighted by Crippen LogP contribution is 2.47. The van der Waals surface area contributed by atoms with Crippen LogP contribution in [0.3, 0.4) is 0 Å². The lowest BCUT2D eigenvalue weighted by Crippen LogP contribution is -2.57. The minimum absolute atomic E-state index is 0.0284. The summed E-state index contributed by atoms with van der Waals surface area (Å²) >= 11 is 14.2. The first-order valence-corrected chi connectivity index (χ1v) is 15.5. The van der Waals surface area contributed by atoms with Gasteiger partial charge in [0.15, 0.2) is 0 Å². The fourth-order valence-corrected chi connectivity index (χ4v) is 7.29. The van der Waals surface area contributed by atoms with E-state index < -0.39 is 17.9 Å². The Balaban J connectivity index is 1.56. The van der Waals surface area contributed by atoms with E-state index in [2.05, 4.69) is 22.2 Å². The summed E-state index contributed by atoms with van der Waals surface area (Å²) in [6.07, 6.45) is 6.73. The van der Waals surface area contributed by atoms with Gasteiger partial charge in [-0.3, -0.25) is 9.59 Å². The smallest absolute Gasteiger partial charge is 0.349 e. The highest BCUT2D eigenvalue weighted by atomic mass is 35.5. The van der Waals surface area contributed by atoms with Crippen LogP contribution in [0.4, 0.5) is 0 Å². The molecule has 3 aromatic rings. The van der Waals surface area contributed by atoms with Crippen LogP contribution >= 0.6 is 34.5 Å². The molecule has 2 amide bonds. The summed E-state index contributed by atoms with van der Waals surface area (Å²) in [6, 6.07) is 11.5. The number of ether oxygens (including phenoxy) is 1. The second-order valence-corrected chi connectivity index (χ2v) is 12.2. The van der Waals surface area contributed by atoms with E-state index in [4.69, 9.17) is 27.9 Å². The number of hydrogen-bond donors (Lipinski definition) is 2.